The van der Waals surface area contributed by atoms with Gasteiger partial charge in [-0.15, -0.1) is 12.4 Å². The minimum Gasteiger partial charge on any atom is -0.334 e. The molecule has 0 saturated carbocycles. The lowest BCUT2D eigenvalue weighted by Gasteiger charge is -2.24. The van der Waals surface area contributed by atoms with Gasteiger partial charge in [0.2, 0.25) is 0 Å². The molecule has 3 rings (SSSR count). The number of fused-ring (bicyclic) bond motifs is 1. The fourth-order valence-corrected chi connectivity index (χ4v) is 2.88. The standard InChI is InChI=1S/C15H18N4O2.ClH/c1-16-9-11-5-4-8-18(11)14(20)12-10-17-13-6-2-3-7-19(13)15(12)21;/h2-3,6-7,10-11,16H,4-5,8-9H2,1H3;1H. The summed E-state index contributed by atoms with van der Waals surface area (Å²) < 4.78 is 1.41. The van der Waals surface area contributed by atoms with Crippen molar-refractivity contribution in [3.63, 3.8) is 0 Å². The van der Waals surface area contributed by atoms with E-state index in [-0.39, 0.29) is 35.5 Å². The number of rotatable bonds is 3. The van der Waals surface area contributed by atoms with E-state index < -0.39 is 0 Å². The van der Waals surface area contributed by atoms with Crippen LogP contribution in [0.3, 0.4) is 0 Å². The van der Waals surface area contributed by atoms with Gasteiger partial charge in [0.15, 0.2) is 0 Å². The molecule has 6 nitrogen and oxygen atoms in total. The Morgan fingerprint density at radius 2 is 2.27 bits per heavy atom. The zero-order valence-electron chi connectivity index (χ0n) is 12.4. The molecule has 2 aromatic heterocycles. The number of amides is 1. The summed E-state index contributed by atoms with van der Waals surface area (Å²) in [7, 11) is 1.87. The van der Waals surface area contributed by atoms with Crippen molar-refractivity contribution in [2.24, 2.45) is 0 Å². The number of pyridine rings is 1. The van der Waals surface area contributed by atoms with Gasteiger partial charge in [-0.2, -0.15) is 0 Å². The number of hydrogen-bond donors (Lipinski definition) is 1. The lowest BCUT2D eigenvalue weighted by molar-refractivity contribution is 0.0734. The Morgan fingerprint density at radius 3 is 3.05 bits per heavy atom. The van der Waals surface area contributed by atoms with Crippen LogP contribution in [0.15, 0.2) is 35.4 Å². The maximum absolute atomic E-state index is 12.6. The van der Waals surface area contributed by atoms with Crippen LogP contribution in [0.25, 0.3) is 5.65 Å². The third kappa shape index (κ3) is 2.84. The van der Waals surface area contributed by atoms with Gasteiger partial charge in [-0.25, -0.2) is 4.98 Å². The molecule has 1 atom stereocenters. The van der Waals surface area contributed by atoms with Crippen molar-refractivity contribution in [3.8, 4) is 0 Å². The summed E-state index contributed by atoms with van der Waals surface area (Å²) in [5.74, 6) is -0.219. The van der Waals surface area contributed by atoms with Gasteiger partial charge in [-0.05, 0) is 32.0 Å². The molecule has 22 heavy (non-hydrogen) atoms. The van der Waals surface area contributed by atoms with Crippen LogP contribution in [-0.4, -0.2) is 46.4 Å². The van der Waals surface area contributed by atoms with E-state index in [1.807, 2.05) is 13.1 Å². The fraction of sp³-hybridized carbons (Fsp3) is 0.400. The van der Waals surface area contributed by atoms with Crippen molar-refractivity contribution in [3.05, 3.63) is 46.5 Å². The van der Waals surface area contributed by atoms with Crippen LogP contribution < -0.4 is 10.9 Å². The molecule has 1 unspecified atom stereocenters. The van der Waals surface area contributed by atoms with Gasteiger partial charge < -0.3 is 10.2 Å². The molecule has 0 aromatic carbocycles. The number of nitrogens with zero attached hydrogens (tertiary/aromatic N) is 3. The first-order chi connectivity index (χ1) is 10.2. The molecular weight excluding hydrogens is 304 g/mol. The van der Waals surface area contributed by atoms with E-state index in [9.17, 15) is 9.59 Å². The highest BCUT2D eigenvalue weighted by Crippen LogP contribution is 2.18. The summed E-state index contributed by atoms with van der Waals surface area (Å²) in [6.07, 6.45) is 4.97. The summed E-state index contributed by atoms with van der Waals surface area (Å²) in [5.41, 5.74) is 0.384. The molecule has 0 spiro atoms. The minimum atomic E-state index is -0.305. The van der Waals surface area contributed by atoms with E-state index in [0.717, 1.165) is 19.4 Å². The zero-order valence-corrected chi connectivity index (χ0v) is 13.2. The first-order valence-corrected chi connectivity index (χ1v) is 7.14. The van der Waals surface area contributed by atoms with E-state index in [1.165, 1.54) is 10.6 Å². The van der Waals surface area contributed by atoms with Crippen LogP contribution in [0, 0.1) is 0 Å². The third-order valence-electron chi connectivity index (χ3n) is 3.92. The summed E-state index contributed by atoms with van der Waals surface area (Å²) >= 11 is 0. The number of likely N-dealkylation sites (tertiary alicyclic amines) is 1. The molecule has 2 aromatic rings. The molecule has 118 valence electrons. The maximum atomic E-state index is 12.6. The second-order valence-electron chi connectivity index (χ2n) is 5.26. The molecule has 1 amide bonds. The largest absolute Gasteiger partial charge is 0.334 e. The van der Waals surface area contributed by atoms with E-state index in [0.29, 0.717) is 12.2 Å². The normalized spacial score (nSPS) is 17.5. The monoisotopic (exact) mass is 322 g/mol. The Hall–Kier alpha value is -1.92. The number of hydrogen-bond acceptors (Lipinski definition) is 4. The van der Waals surface area contributed by atoms with Gasteiger partial charge in [0, 0.05) is 31.5 Å². The van der Waals surface area contributed by atoms with E-state index >= 15 is 0 Å². The van der Waals surface area contributed by atoms with E-state index in [1.54, 1.807) is 23.2 Å². The predicted octanol–water partition coefficient (Wildman–Crippen LogP) is 0.940. The Balaban J connectivity index is 0.00000176. The van der Waals surface area contributed by atoms with Crippen LogP contribution >= 0.6 is 12.4 Å². The molecule has 1 saturated heterocycles. The molecule has 3 heterocycles. The van der Waals surface area contributed by atoms with Crippen LogP contribution in [0.1, 0.15) is 23.2 Å². The highest BCUT2D eigenvalue weighted by Gasteiger charge is 2.30. The van der Waals surface area contributed by atoms with Crippen molar-refractivity contribution >= 4 is 24.0 Å². The summed E-state index contributed by atoms with van der Waals surface area (Å²) in [5, 5.41) is 3.10. The number of likely N-dealkylation sites (N-methyl/N-ethyl adjacent to an activating group) is 1. The topological polar surface area (TPSA) is 66.7 Å². The molecular formula is C15H19ClN4O2. The van der Waals surface area contributed by atoms with Crippen molar-refractivity contribution in [1.82, 2.24) is 19.6 Å². The Labute approximate surface area is 134 Å². The second kappa shape index (κ2) is 6.89. The summed E-state index contributed by atoms with van der Waals surface area (Å²) in [6.45, 7) is 1.44. The van der Waals surface area contributed by atoms with Crippen LogP contribution in [0.2, 0.25) is 0 Å². The maximum Gasteiger partial charge on any atom is 0.270 e. The van der Waals surface area contributed by atoms with Gasteiger partial charge in [0.25, 0.3) is 11.5 Å². The Bertz CT molecular complexity index is 731. The highest BCUT2D eigenvalue weighted by atomic mass is 35.5. The smallest absolute Gasteiger partial charge is 0.270 e. The molecule has 7 heteroatoms. The number of nitrogens with one attached hydrogen (secondary N) is 1. The summed E-state index contributed by atoms with van der Waals surface area (Å²) in [4.78, 5) is 31.1. The molecule has 1 N–H and O–H groups in total. The highest BCUT2D eigenvalue weighted by molar-refractivity contribution is 5.94. The van der Waals surface area contributed by atoms with Crippen molar-refractivity contribution in [1.29, 1.82) is 0 Å². The second-order valence-corrected chi connectivity index (χ2v) is 5.26. The average molecular weight is 323 g/mol. The molecule has 1 aliphatic rings. The molecule has 1 fully saturated rings. The van der Waals surface area contributed by atoms with Gasteiger partial charge in [0.1, 0.15) is 11.2 Å². The SMILES string of the molecule is CNCC1CCCN1C(=O)c1cnc2ccccn2c1=O.Cl. The van der Waals surface area contributed by atoms with Gasteiger partial charge >= 0.3 is 0 Å². The number of carbonyl (C=O) groups excluding carboxylic acids is 1. The van der Waals surface area contributed by atoms with Gasteiger partial charge in [0.05, 0.1) is 0 Å². The average Bonchev–Trinajstić information content (AvgIpc) is 2.96. The first-order valence-electron chi connectivity index (χ1n) is 7.14. The van der Waals surface area contributed by atoms with Crippen molar-refractivity contribution < 1.29 is 4.79 Å². The quantitative estimate of drug-likeness (QED) is 0.913. The van der Waals surface area contributed by atoms with Gasteiger partial charge in [-0.1, -0.05) is 6.07 Å². The van der Waals surface area contributed by atoms with Crippen LogP contribution in [-0.2, 0) is 0 Å². The van der Waals surface area contributed by atoms with Crippen molar-refractivity contribution in [2.75, 3.05) is 20.1 Å². The number of halogens is 1. The van der Waals surface area contributed by atoms with Crippen LogP contribution in [0.5, 0.6) is 0 Å². The number of carbonyl (C=O) groups is 1. The zero-order chi connectivity index (χ0) is 14.8. The lowest BCUT2D eigenvalue weighted by atomic mass is 10.2. The first kappa shape index (κ1) is 16.5. The number of aromatic nitrogens is 2. The molecule has 0 bridgehead atoms. The minimum absolute atomic E-state index is 0. The van der Waals surface area contributed by atoms with E-state index in [4.69, 9.17) is 0 Å². The summed E-state index contributed by atoms with van der Waals surface area (Å²) in [6, 6.07) is 5.46. The molecule has 1 aliphatic heterocycles. The predicted molar refractivity (Wildman–Crippen MR) is 86.7 cm³/mol. The van der Waals surface area contributed by atoms with Crippen molar-refractivity contribution in [2.45, 2.75) is 18.9 Å². The molecule has 0 aliphatic carbocycles. The van der Waals surface area contributed by atoms with E-state index in [2.05, 4.69) is 10.3 Å². The third-order valence-corrected chi connectivity index (χ3v) is 3.92. The fourth-order valence-electron chi connectivity index (χ4n) is 2.88. The van der Waals surface area contributed by atoms with Gasteiger partial charge in [-0.3, -0.25) is 14.0 Å². The van der Waals surface area contributed by atoms with Crippen LogP contribution in [0.4, 0.5) is 0 Å². The Morgan fingerprint density at radius 1 is 1.45 bits per heavy atom. The molecule has 0 radical (unpaired) electrons. The Kier molecular flexibility index (Phi) is 5.15. The lowest BCUT2D eigenvalue weighted by Crippen LogP contribution is -2.43.